The van der Waals surface area contributed by atoms with E-state index in [1.165, 1.54) is 21.9 Å². The third-order valence-electron chi connectivity index (χ3n) is 11.5. The molecule has 57 heavy (non-hydrogen) atoms. The SMILES string of the molecule is Cc1c(-c2ccc(N(c3ccc4c(c3)oc3ccccc34)c3ccc4oc5ccccc5c4c3)cc2)ccc2ccc3ccc4nc(-c5ccccc5)oc4c3c12. The van der Waals surface area contributed by atoms with Crippen molar-refractivity contribution in [2.24, 2.45) is 0 Å². The molecule has 0 spiro atoms. The van der Waals surface area contributed by atoms with Crippen molar-refractivity contribution in [3.8, 4) is 22.6 Å². The molecule has 0 atom stereocenters. The van der Waals surface area contributed by atoms with E-state index >= 15 is 0 Å². The lowest BCUT2D eigenvalue weighted by Gasteiger charge is -2.26. The third kappa shape index (κ3) is 4.92. The van der Waals surface area contributed by atoms with E-state index in [1.807, 2.05) is 54.6 Å². The molecule has 0 bridgehead atoms. The second-order valence-electron chi connectivity index (χ2n) is 14.7. The Morgan fingerprint density at radius 3 is 1.82 bits per heavy atom. The van der Waals surface area contributed by atoms with Gasteiger partial charge in [-0.15, -0.1) is 0 Å². The van der Waals surface area contributed by atoms with E-state index in [2.05, 4.69) is 133 Å². The summed E-state index contributed by atoms with van der Waals surface area (Å²) in [5.74, 6) is 0.628. The monoisotopic (exact) mass is 732 g/mol. The van der Waals surface area contributed by atoms with Gasteiger partial charge in [-0.1, -0.05) is 97.1 Å². The molecule has 0 saturated carbocycles. The van der Waals surface area contributed by atoms with E-state index in [-0.39, 0.29) is 0 Å². The van der Waals surface area contributed by atoms with Crippen LogP contribution in [0.3, 0.4) is 0 Å². The number of hydrogen-bond donors (Lipinski definition) is 0. The topological polar surface area (TPSA) is 55.6 Å². The summed E-state index contributed by atoms with van der Waals surface area (Å²) in [4.78, 5) is 7.20. The Balaban J connectivity index is 1.01. The predicted octanol–water partition coefficient (Wildman–Crippen LogP) is 15.0. The molecule has 9 aromatic carbocycles. The summed E-state index contributed by atoms with van der Waals surface area (Å²) >= 11 is 0. The molecule has 3 aromatic heterocycles. The molecule has 3 heterocycles. The summed E-state index contributed by atoms with van der Waals surface area (Å²) < 4.78 is 19.2. The van der Waals surface area contributed by atoms with E-state index in [4.69, 9.17) is 18.2 Å². The zero-order valence-corrected chi connectivity index (χ0v) is 30.9. The highest BCUT2D eigenvalue weighted by molar-refractivity contribution is 6.20. The summed E-state index contributed by atoms with van der Waals surface area (Å²) in [5.41, 5.74) is 12.6. The highest BCUT2D eigenvalue weighted by Crippen LogP contribution is 2.43. The summed E-state index contributed by atoms with van der Waals surface area (Å²) in [6, 6.07) is 61.4. The molecule has 0 aliphatic rings. The maximum absolute atomic E-state index is 6.56. The molecule has 0 unspecified atom stereocenters. The molecule has 12 aromatic rings. The van der Waals surface area contributed by atoms with Gasteiger partial charge in [-0.25, -0.2) is 4.98 Å². The lowest BCUT2D eigenvalue weighted by molar-refractivity contribution is 0.623. The van der Waals surface area contributed by atoms with Gasteiger partial charge in [0.05, 0.1) is 0 Å². The molecule has 12 rings (SSSR count). The fourth-order valence-electron chi connectivity index (χ4n) is 8.75. The lowest BCUT2D eigenvalue weighted by Crippen LogP contribution is -2.09. The maximum Gasteiger partial charge on any atom is 0.227 e. The number of benzene rings is 9. The number of fused-ring (bicyclic) bond motifs is 11. The minimum atomic E-state index is 0.628. The van der Waals surface area contributed by atoms with Crippen molar-refractivity contribution in [3.63, 3.8) is 0 Å². The normalized spacial score (nSPS) is 11.9. The van der Waals surface area contributed by atoms with Crippen molar-refractivity contribution in [3.05, 3.63) is 181 Å². The molecular formula is C52H32N2O3. The number of aryl methyl sites for hydroxylation is 1. The number of para-hydroxylation sites is 2. The average molecular weight is 733 g/mol. The van der Waals surface area contributed by atoms with Gasteiger partial charge in [-0.2, -0.15) is 0 Å². The van der Waals surface area contributed by atoms with Crippen LogP contribution in [0.2, 0.25) is 0 Å². The van der Waals surface area contributed by atoms with Gasteiger partial charge in [0.15, 0.2) is 5.58 Å². The molecular weight excluding hydrogens is 701 g/mol. The Morgan fingerprint density at radius 2 is 1.02 bits per heavy atom. The number of aromatic nitrogens is 1. The minimum Gasteiger partial charge on any atom is -0.456 e. The molecule has 5 heteroatoms. The van der Waals surface area contributed by atoms with Crippen molar-refractivity contribution in [2.45, 2.75) is 6.92 Å². The molecule has 5 nitrogen and oxygen atoms in total. The van der Waals surface area contributed by atoms with Crippen LogP contribution >= 0.6 is 0 Å². The van der Waals surface area contributed by atoms with E-state index in [0.29, 0.717) is 5.89 Å². The highest BCUT2D eigenvalue weighted by atomic mass is 16.3. The van der Waals surface area contributed by atoms with E-state index < -0.39 is 0 Å². The highest BCUT2D eigenvalue weighted by Gasteiger charge is 2.20. The Morgan fingerprint density at radius 1 is 0.421 bits per heavy atom. The van der Waals surface area contributed by atoms with Crippen molar-refractivity contribution in [2.75, 3.05) is 4.90 Å². The molecule has 0 aliphatic carbocycles. The largest absolute Gasteiger partial charge is 0.456 e. The fourth-order valence-corrected chi connectivity index (χ4v) is 8.75. The zero-order chi connectivity index (χ0) is 37.6. The summed E-state index contributed by atoms with van der Waals surface area (Å²) in [6.07, 6.45) is 0. The first-order valence-corrected chi connectivity index (χ1v) is 19.2. The first kappa shape index (κ1) is 31.7. The number of anilines is 3. The van der Waals surface area contributed by atoms with Crippen LogP contribution in [0.5, 0.6) is 0 Å². The summed E-state index contributed by atoms with van der Waals surface area (Å²) in [6.45, 7) is 2.22. The van der Waals surface area contributed by atoms with Gasteiger partial charge in [0.25, 0.3) is 0 Å². The van der Waals surface area contributed by atoms with Crippen LogP contribution in [0.15, 0.2) is 189 Å². The molecule has 0 saturated heterocycles. The number of oxazole rings is 1. The first-order valence-electron chi connectivity index (χ1n) is 19.2. The van der Waals surface area contributed by atoms with E-state index in [9.17, 15) is 0 Å². The van der Waals surface area contributed by atoms with Gasteiger partial charge in [0.1, 0.15) is 27.8 Å². The number of furan rings is 2. The van der Waals surface area contributed by atoms with Crippen molar-refractivity contribution in [1.29, 1.82) is 0 Å². The molecule has 0 aliphatic heterocycles. The van der Waals surface area contributed by atoms with Crippen molar-refractivity contribution in [1.82, 2.24) is 4.98 Å². The average Bonchev–Trinajstić information content (AvgIpc) is 3.98. The third-order valence-corrected chi connectivity index (χ3v) is 11.5. The second-order valence-corrected chi connectivity index (χ2v) is 14.7. The first-order chi connectivity index (χ1) is 28.1. The van der Waals surface area contributed by atoms with E-state index in [0.717, 1.165) is 93.9 Å². The number of hydrogen-bond acceptors (Lipinski definition) is 5. The smallest absolute Gasteiger partial charge is 0.227 e. The predicted molar refractivity (Wildman–Crippen MR) is 234 cm³/mol. The number of nitrogens with zero attached hydrogens (tertiary/aromatic N) is 2. The second kappa shape index (κ2) is 12.2. The Bertz CT molecular complexity index is 3540. The summed E-state index contributed by atoms with van der Waals surface area (Å²) in [7, 11) is 0. The summed E-state index contributed by atoms with van der Waals surface area (Å²) in [5, 5.41) is 8.93. The van der Waals surface area contributed by atoms with Gasteiger partial charge in [-0.05, 0) is 113 Å². The quantitative estimate of drug-likeness (QED) is 0.165. The van der Waals surface area contributed by atoms with Gasteiger partial charge in [-0.3, -0.25) is 0 Å². The maximum atomic E-state index is 6.56. The molecule has 0 radical (unpaired) electrons. The van der Waals surface area contributed by atoms with Crippen LogP contribution in [0.25, 0.3) is 99.1 Å². The Hall–Kier alpha value is -7.63. The van der Waals surface area contributed by atoms with Gasteiger partial charge < -0.3 is 18.2 Å². The molecule has 0 fully saturated rings. The molecule has 0 amide bonds. The lowest BCUT2D eigenvalue weighted by atomic mass is 9.91. The van der Waals surface area contributed by atoms with Gasteiger partial charge in [0, 0.05) is 55.6 Å². The van der Waals surface area contributed by atoms with Crippen LogP contribution in [-0.4, -0.2) is 4.98 Å². The van der Waals surface area contributed by atoms with Crippen LogP contribution in [0.4, 0.5) is 17.1 Å². The standard InChI is InChI=1S/C52H32N2O3/c1-31-39(25-19-33-15-16-34-20-27-44-51(50(34)49(31)33)57-52(53-44)35-9-3-2-4-10-35)32-17-21-36(22-18-32)54(37-24-28-47-43(29-37)41-12-6-8-14-46(41)55-47)38-23-26-42-40-11-5-7-13-45(40)56-48(42)30-38/h2-30H,1H3. The number of rotatable bonds is 5. The zero-order valence-electron chi connectivity index (χ0n) is 30.9. The van der Waals surface area contributed by atoms with Crippen LogP contribution in [-0.2, 0) is 0 Å². The van der Waals surface area contributed by atoms with Gasteiger partial charge in [0.2, 0.25) is 5.89 Å². The Labute approximate surface area is 326 Å². The van der Waals surface area contributed by atoms with Crippen LogP contribution in [0.1, 0.15) is 5.56 Å². The minimum absolute atomic E-state index is 0.628. The van der Waals surface area contributed by atoms with Crippen LogP contribution < -0.4 is 4.90 Å². The fraction of sp³-hybridized carbons (Fsp3) is 0.0192. The van der Waals surface area contributed by atoms with Crippen molar-refractivity contribution >= 4 is 93.6 Å². The van der Waals surface area contributed by atoms with Gasteiger partial charge >= 0.3 is 0 Å². The molecule has 268 valence electrons. The van der Waals surface area contributed by atoms with Crippen molar-refractivity contribution < 1.29 is 13.3 Å². The van der Waals surface area contributed by atoms with Crippen LogP contribution in [0, 0.1) is 6.92 Å². The molecule has 0 N–H and O–H groups in total. The van der Waals surface area contributed by atoms with E-state index in [1.54, 1.807) is 0 Å². The Kier molecular flexibility index (Phi) is 6.78.